The maximum Gasteiger partial charge on any atom is 0.0776 e. The fraction of sp³-hybridized carbons (Fsp3) is 0.211. The van der Waals surface area contributed by atoms with Crippen LogP contribution in [0.25, 0.3) is 43.8 Å². The van der Waals surface area contributed by atoms with Crippen LogP contribution in [-0.2, 0) is 16.2 Å². The molecule has 2 aliphatic carbocycles. The van der Waals surface area contributed by atoms with Crippen molar-refractivity contribution in [3.63, 3.8) is 0 Å². The normalized spacial score (nSPS) is 13.7. The third-order valence-electron chi connectivity index (χ3n) is 16.4. The fourth-order valence-electron chi connectivity index (χ4n) is 12.4. The summed E-state index contributed by atoms with van der Waals surface area (Å²) in [7, 11) is -3.20. The van der Waals surface area contributed by atoms with Crippen LogP contribution in [-0.4, -0.2) is 16.1 Å². The summed E-state index contributed by atoms with van der Waals surface area (Å²) < 4.78 is 0. The van der Waals surface area contributed by atoms with Gasteiger partial charge in [0.2, 0.25) is 0 Å². The van der Waals surface area contributed by atoms with Crippen molar-refractivity contribution in [3.05, 3.63) is 240 Å². The molecule has 0 aromatic heterocycles. The number of benzene rings is 10. The van der Waals surface area contributed by atoms with E-state index < -0.39 is 21.6 Å². The van der Waals surface area contributed by atoms with Crippen molar-refractivity contribution in [3.8, 4) is 22.3 Å². The summed E-state index contributed by atoms with van der Waals surface area (Å²) >= 11 is 0. The minimum atomic E-state index is -1.60. The molecule has 75 heavy (non-hydrogen) atoms. The summed E-state index contributed by atoms with van der Waals surface area (Å²) in [6, 6.07) is 79.6. The predicted octanol–water partition coefficient (Wildman–Crippen LogP) is 19.0. The third kappa shape index (κ3) is 8.03. The lowest BCUT2D eigenvalue weighted by Crippen LogP contribution is -2.37. The van der Waals surface area contributed by atoms with Crippen LogP contribution in [0.1, 0.15) is 74.9 Å². The second-order valence-electron chi connectivity index (χ2n) is 25.5. The summed E-state index contributed by atoms with van der Waals surface area (Å²) in [5, 5.41) is 7.95. The van der Waals surface area contributed by atoms with E-state index in [1.807, 2.05) is 0 Å². The van der Waals surface area contributed by atoms with Crippen molar-refractivity contribution < 1.29 is 0 Å². The Bertz CT molecular complexity index is 3620. The first-order valence-electron chi connectivity index (χ1n) is 27.1. The monoisotopic (exact) mass is 1010 g/mol. The zero-order chi connectivity index (χ0) is 52.4. The van der Waals surface area contributed by atoms with Crippen LogP contribution in [0.3, 0.4) is 0 Å². The number of nitrogens with zero attached hydrogens (tertiary/aromatic N) is 2. The Kier molecular flexibility index (Phi) is 11.3. The zero-order valence-electron chi connectivity index (χ0n) is 46.0. The minimum Gasteiger partial charge on any atom is -0.310 e. The van der Waals surface area contributed by atoms with E-state index in [1.165, 1.54) is 98.9 Å². The molecule has 372 valence electrons. The van der Waals surface area contributed by atoms with Gasteiger partial charge in [-0.3, -0.25) is 0 Å². The van der Waals surface area contributed by atoms with Crippen LogP contribution in [0, 0.1) is 0 Å². The van der Waals surface area contributed by atoms with Gasteiger partial charge in [0.25, 0.3) is 0 Å². The lowest BCUT2D eigenvalue weighted by Gasteiger charge is -2.34. The molecular formula is C71H70N2Si2. The highest BCUT2D eigenvalue weighted by molar-refractivity contribution is 6.89. The van der Waals surface area contributed by atoms with Crippen LogP contribution in [0.4, 0.5) is 34.1 Å². The quantitative estimate of drug-likeness (QED) is 0.140. The first-order valence-corrected chi connectivity index (χ1v) is 34.1. The van der Waals surface area contributed by atoms with E-state index in [9.17, 15) is 0 Å². The molecule has 0 atom stereocenters. The van der Waals surface area contributed by atoms with E-state index in [0.29, 0.717) is 0 Å². The van der Waals surface area contributed by atoms with Crippen molar-refractivity contribution in [2.24, 2.45) is 0 Å². The Hall–Kier alpha value is -7.25. The molecule has 0 N–H and O–H groups in total. The van der Waals surface area contributed by atoms with Crippen LogP contribution in [0.5, 0.6) is 0 Å². The van der Waals surface area contributed by atoms with Gasteiger partial charge < -0.3 is 9.80 Å². The number of hydrogen-bond acceptors (Lipinski definition) is 2. The average molecular weight is 1010 g/mol. The molecule has 1 spiro atoms. The molecule has 0 heterocycles. The van der Waals surface area contributed by atoms with Gasteiger partial charge in [-0.2, -0.15) is 0 Å². The molecule has 2 aliphatic rings. The highest BCUT2D eigenvalue weighted by Crippen LogP contribution is 2.66. The molecule has 0 unspecified atom stereocenters. The summed E-state index contributed by atoms with van der Waals surface area (Å²) in [6.45, 7) is 28.7. The highest BCUT2D eigenvalue weighted by Gasteiger charge is 2.54. The first kappa shape index (κ1) is 48.7. The van der Waals surface area contributed by atoms with E-state index in [1.54, 1.807) is 0 Å². The molecule has 10 aromatic carbocycles. The molecular weight excluding hydrogens is 937 g/mol. The van der Waals surface area contributed by atoms with Crippen LogP contribution < -0.4 is 20.2 Å². The van der Waals surface area contributed by atoms with Gasteiger partial charge >= 0.3 is 0 Å². The second kappa shape index (κ2) is 17.4. The molecule has 12 rings (SSSR count). The molecule has 0 aliphatic heterocycles. The van der Waals surface area contributed by atoms with E-state index >= 15 is 0 Å². The van der Waals surface area contributed by atoms with Gasteiger partial charge in [-0.25, -0.2) is 0 Å². The van der Waals surface area contributed by atoms with Crippen LogP contribution >= 0.6 is 0 Å². The Morgan fingerprint density at radius 3 is 1.07 bits per heavy atom. The Morgan fingerprint density at radius 2 is 0.693 bits per heavy atom. The summed E-state index contributed by atoms with van der Waals surface area (Å²) in [5.74, 6) is 0. The van der Waals surface area contributed by atoms with E-state index in [-0.39, 0.29) is 10.8 Å². The number of hydrogen-bond donors (Lipinski definition) is 0. The fourth-order valence-corrected chi connectivity index (χ4v) is 14.7. The summed E-state index contributed by atoms with van der Waals surface area (Å²) in [5.41, 5.74) is 19.9. The second-order valence-corrected chi connectivity index (χ2v) is 35.7. The van der Waals surface area contributed by atoms with E-state index in [2.05, 4.69) is 297 Å². The standard InChI is InChI=1S/C71H70N2Si2/c1-69(2,3)49-31-39-65-63(43-49)64-44-50(70(4,5)6)32-40-66(64)71(65)67-59-37-33-55(72(51-21-15-13-16-22-51)53-25-19-27-57(45-53)74(7,8)9)41-47(59)29-35-61(67)62-36-30-48-42-56(34-38-60(48)68(62)71)73(52-23-17-14-18-24-52)54-26-20-28-58(46-54)75(10,11)12/h13-46H,1-12H3. The Labute approximate surface area is 448 Å². The molecule has 0 saturated heterocycles. The minimum absolute atomic E-state index is 0.0251. The third-order valence-corrected chi connectivity index (χ3v) is 20.5. The molecule has 0 fully saturated rings. The van der Waals surface area contributed by atoms with Gasteiger partial charge in [-0.1, -0.05) is 225 Å². The van der Waals surface area contributed by atoms with Gasteiger partial charge in [0, 0.05) is 34.1 Å². The lowest BCUT2D eigenvalue weighted by atomic mass is 9.68. The largest absolute Gasteiger partial charge is 0.310 e. The van der Waals surface area contributed by atoms with Crippen molar-refractivity contribution in [2.45, 2.75) is 97.1 Å². The Balaban J connectivity index is 1.14. The van der Waals surface area contributed by atoms with Crippen LogP contribution in [0.15, 0.2) is 206 Å². The molecule has 10 aromatic rings. The van der Waals surface area contributed by atoms with E-state index in [0.717, 1.165) is 22.7 Å². The van der Waals surface area contributed by atoms with E-state index in [4.69, 9.17) is 0 Å². The molecule has 4 heteroatoms. The number of rotatable bonds is 8. The summed E-state index contributed by atoms with van der Waals surface area (Å²) in [4.78, 5) is 4.91. The molecule has 2 nitrogen and oxygen atoms in total. The predicted molar refractivity (Wildman–Crippen MR) is 330 cm³/mol. The zero-order valence-corrected chi connectivity index (χ0v) is 48.0. The van der Waals surface area contributed by atoms with Gasteiger partial charge in [-0.15, -0.1) is 0 Å². The van der Waals surface area contributed by atoms with Gasteiger partial charge in [0.1, 0.15) is 0 Å². The van der Waals surface area contributed by atoms with Gasteiger partial charge in [-0.05, 0) is 161 Å². The molecule has 0 bridgehead atoms. The van der Waals surface area contributed by atoms with Crippen molar-refractivity contribution in [2.75, 3.05) is 9.80 Å². The first-order chi connectivity index (χ1) is 35.7. The molecule has 0 saturated carbocycles. The maximum absolute atomic E-state index is 2.54. The molecule has 0 radical (unpaired) electrons. The lowest BCUT2D eigenvalue weighted by molar-refractivity contribution is 0.589. The van der Waals surface area contributed by atoms with Crippen LogP contribution in [0.2, 0.25) is 39.3 Å². The maximum atomic E-state index is 2.54. The number of para-hydroxylation sites is 2. The topological polar surface area (TPSA) is 6.48 Å². The van der Waals surface area contributed by atoms with Crippen molar-refractivity contribution >= 4 is 82.2 Å². The molecule has 0 amide bonds. The number of anilines is 6. The van der Waals surface area contributed by atoms with Crippen molar-refractivity contribution in [1.29, 1.82) is 0 Å². The van der Waals surface area contributed by atoms with Gasteiger partial charge in [0.15, 0.2) is 0 Å². The number of fused-ring (bicyclic) bond motifs is 14. The average Bonchev–Trinajstić information content (AvgIpc) is 3.90. The van der Waals surface area contributed by atoms with Crippen molar-refractivity contribution in [1.82, 2.24) is 0 Å². The van der Waals surface area contributed by atoms with Gasteiger partial charge in [0.05, 0.1) is 21.6 Å². The highest BCUT2D eigenvalue weighted by atomic mass is 28.3. The Morgan fingerprint density at radius 1 is 0.320 bits per heavy atom. The summed E-state index contributed by atoms with van der Waals surface area (Å²) in [6.07, 6.45) is 0. The SMILES string of the molecule is CC(C)(C)c1ccc2c(c1)-c1cc(C(C)(C)C)ccc1C21c2c(ccc3cc(N(c4ccccc4)c4cccc([Si](C)(C)C)c4)ccc23)-c2ccc3cc(N(c4ccccc4)c4cccc([Si](C)(C)C)c4)ccc3c21. The smallest absolute Gasteiger partial charge is 0.0776 e.